The Morgan fingerprint density at radius 1 is 1.30 bits per heavy atom. The van der Waals surface area contributed by atoms with Crippen molar-refractivity contribution in [2.45, 2.75) is 25.8 Å². The van der Waals surface area contributed by atoms with Crippen molar-refractivity contribution in [2.75, 3.05) is 18.4 Å². The molecule has 2 aromatic carbocycles. The highest BCUT2D eigenvalue weighted by molar-refractivity contribution is 9.10. The average Bonchev–Trinajstić information content (AvgIpc) is 2.74. The van der Waals surface area contributed by atoms with Gasteiger partial charge in [0.15, 0.2) is 0 Å². The molecular weight excluding hydrogens is 448 g/mol. The second kappa shape index (κ2) is 8.39. The molecule has 8 heteroatoms. The Hall–Kier alpha value is -3.00. The molecule has 4 rings (SSSR count). The Balaban J connectivity index is 1.57. The van der Waals surface area contributed by atoms with Crippen LogP contribution < -0.4 is 5.32 Å². The first kappa shape index (κ1) is 20.3. The molecule has 1 N–H and O–H groups in total. The quantitative estimate of drug-likeness (QED) is 0.433. The third-order valence-corrected chi connectivity index (χ3v) is 5.89. The minimum atomic E-state index is -0.381. The summed E-state index contributed by atoms with van der Waals surface area (Å²) in [6, 6.07) is 11.0. The van der Waals surface area contributed by atoms with Gasteiger partial charge >= 0.3 is 0 Å². The van der Waals surface area contributed by atoms with Gasteiger partial charge in [-0.05, 0) is 36.8 Å². The van der Waals surface area contributed by atoms with E-state index in [1.54, 1.807) is 12.4 Å². The molecule has 30 heavy (non-hydrogen) atoms. The van der Waals surface area contributed by atoms with E-state index in [2.05, 4.69) is 26.2 Å². The van der Waals surface area contributed by atoms with E-state index in [4.69, 9.17) is 0 Å². The lowest BCUT2D eigenvalue weighted by Gasteiger charge is -2.34. The fourth-order valence-electron chi connectivity index (χ4n) is 4.00. The van der Waals surface area contributed by atoms with Crippen molar-refractivity contribution in [3.63, 3.8) is 0 Å². The number of amides is 1. The van der Waals surface area contributed by atoms with Crippen LogP contribution in [0.25, 0.3) is 10.8 Å². The molecule has 0 aliphatic carbocycles. The number of hydrogen-bond acceptors (Lipinski definition) is 5. The first-order valence-electron chi connectivity index (χ1n) is 9.77. The summed E-state index contributed by atoms with van der Waals surface area (Å²) in [5.74, 6) is -0.0622. The summed E-state index contributed by atoms with van der Waals surface area (Å²) in [7, 11) is 0. The van der Waals surface area contributed by atoms with Gasteiger partial charge in [-0.2, -0.15) is 0 Å². The molecule has 1 aliphatic heterocycles. The lowest BCUT2D eigenvalue weighted by atomic mass is 10.0. The van der Waals surface area contributed by atoms with Gasteiger partial charge < -0.3 is 10.2 Å². The van der Waals surface area contributed by atoms with Gasteiger partial charge in [-0.3, -0.25) is 19.9 Å². The number of carbonyl (C=O) groups is 1. The van der Waals surface area contributed by atoms with Gasteiger partial charge in [-0.15, -0.1) is 0 Å². The number of hydrogen-bond donors (Lipinski definition) is 1. The number of nitrogens with one attached hydrogen (secondary N) is 1. The third-order valence-electron chi connectivity index (χ3n) is 5.43. The number of carbonyl (C=O) groups excluding carboxylic acids is 1. The molecule has 3 aromatic rings. The molecule has 1 saturated heterocycles. The zero-order valence-corrected chi connectivity index (χ0v) is 18.1. The number of nitro groups is 1. The van der Waals surface area contributed by atoms with Crippen molar-refractivity contribution in [3.8, 4) is 0 Å². The number of likely N-dealkylation sites (tertiary alicyclic amines) is 1. The normalized spacial score (nSPS) is 16.5. The molecule has 0 spiro atoms. The number of nitrogens with zero attached hydrogens (tertiary/aromatic N) is 3. The van der Waals surface area contributed by atoms with Gasteiger partial charge in [0.05, 0.1) is 10.5 Å². The molecule has 1 aliphatic rings. The number of anilines is 1. The standard InChI is InChI=1S/C22H21BrN4O3/c1-14-9-16(23)10-20(27(29)30)21(14)25-17-6-4-8-26(13-17)22(28)19-12-24-11-15-5-2-3-7-18(15)19/h2-3,5,7,9-12,17,25H,4,6,8,13H2,1H3. The highest BCUT2D eigenvalue weighted by atomic mass is 79.9. The maximum Gasteiger partial charge on any atom is 0.293 e. The summed E-state index contributed by atoms with van der Waals surface area (Å²) in [5, 5.41) is 16.7. The van der Waals surface area contributed by atoms with Crippen LogP contribution in [-0.2, 0) is 0 Å². The number of rotatable bonds is 4. The summed E-state index contributed by atoms with van der Waals surface area (Å²) >= 11 is 3.32. The number of nitro benzene ring substituents is 1. The first-order valence-corrected chi connectivity index (χ1v) is 10.6. The number of benzene rings is 2. The Morgan fingerprint density at radius 3 is 2.90 bits per heavy atom. The fourth-order valence-corrected chi connectivity index (χ4v) is 4.56. The second-order valence-corrected chi connectivity index (χ2v) is 8.43. The van der Waals surface area contributed by atoms with E-state index >= 15 is 0 Å². The second-order valence-electron chi connectivity index (χ2n) is 7.52. The van der Waals surface area contributed by atoms with Crippen LogP contribution in [0.5, 0.6) is 0 Å². The van der Waals surface area contributed by atoms with E-state index < -0.39 is 0 Å². The molecule has 0 radical (unpaired) electrons. The lowest BCUT2D eigenvalue weighted by molar-refractivity contribution is -0.384. The molecule has 2 heterocycles. The van der Waals surface area contributed by atoms with Crippen molar-refractivity contribution in [1.29, 1.82) is 0 Å². The van der Waals surface area contributed by atoms with E-state index in [-0.39, 0.29) is 22.6 Å². The van der Waals surface area contributed by atoms with Gasteiger partial charge in [0.25, 0.3) is 11.6 Å². The molecular formula is C22H21BrN4O3. The topological polar surface area (TPSA) is 88.4 Å². The monoisotopic (exact) mass is 468 g/mol. The van der Waals surface area contributed by atoms with Crippen molar-refractivity contribution in [2.24, 2.45) is 0 Å². The van der Waals surface area contributed by atoms with Crippen LogP contribution >= 0.6 is 15.9 Å². The number of aryl methyl sites for hydroxylation is 1. The summed E-state index contributed by atoms with van der Waals surface area (Å²) in [5.41, 5.74) is 1.91. The highest BCUT2D eigenvalue weighted by Gasteiger charge is 2.28. The predicted molar refractivity (Wildman–Crippen MR) is 120 cm³/mol. The molecule has 0 saturated carbocycles. The van der Waals surface area contributed by atoms with Crippen LogP contribution in [0.1, 0.15) is 28.8 Å². The predicted octanol–water partition coefficient (Wildman–Crippen LogP) is 4.93. The largest absolute Gasteiger partial charge is 0.375 e. The molecule has 1 fully saturated rings. The number of pyridine rings is 1. The molecule has 1 amide bonds. The van der Waals surface area contributed by atoms with Crippen LogP contribution in [0.15, 0.2) is 53.3 Å². The number of piperidine rings is 1. The highest BCUT2D eigenvalue weighted by Crippen LogP contribution is 2.33. The molecule has 1 atom stereocenters. The summed E-state index contributed by atoms with van der Waals surface area (Å²) in [4.78, 5) is 30.4. The van der Waals surface area contributed by atoms with Gasteiger partial charge in [-0.1, -0.05) is 40.2 Å². The average molecular weight is 469 g/mol. The van der Waals surface area contributed by atoms with E-state index in [0.717, 1.165) is 29.2 Å². The van der Waals surface area contributed by atoms with Crippen LogP contribution in [0.2, 0.25) is 0 Å². The minimum Gasteiger partial charge on any atom is -0.375 e. The molecule has 1 unspecified atom stereocenters. The van der Waals surface area contributed by atoms with Crippen molar-refractivity contribution in [3.05, 3.63) is 74.5 Å². The van der Waals surface area contributed by atoms with Crippen LogP contribution in [0.3, 0.4) is 0 Å². The molecule has 1 aromatic heterocycles. The van der Waals surface area contributed by atoms with Crippen LogP contribution in [0.4, 0.5) is 11.4 Å². The zero-order chi connectivity index (χ0) is 21.3. The van der Waals surface area contributed by atoms with Crippen molar-refractivity contribution >= 4 is 44.0 Å². The van der Waals surface area contributed by atoms with Gasteiger partial charge in [0.2, 0.25) is 0 Å². The van der Waals surface area contributed by atoms with Gasteiger partial charge in [-0.25, -0.2) is 0 Å². The maximum atomic E-state index is 13.2. The van der Waals surface area contributed by atoms with E-state index in [0.29, 0.717) is 28.8 Å². The summed E-state index contributed by atoms with van der Waals surface area (Å²) in [6.07, 6.45) is 5.03. The first-order chi connectivity index (χ1) is 14.4. The zero-order valence-electron chi connectivity index (χ0n) is 16.5. The Labute approximate surface area is 182 Å². The van der Waals surface area contributed by atoms with Crippen LogP contribution in [0, 0.1) is 17.0 Å². The smallest absolute Gasteiger partial charge is 0.293 e. The third kappa shape index (κ3) is 4.00. The summed E-state index contributed by atoms with van der Waals surface area (Å²) < 4.78 is 0.668. The number of halogens is 1. The molecule has 7 nitrogen and oxygen atoms in total. The number of fused-ring (bicyclic) bond motifs is 1. The van der Waals surface area contributed by atoms with E-state index in [9.17, 15) is 14.9 Å². The van der Waals surface area contributed by atoms with Gasteiger partial charge in [0, 0.05) is 47.5 Å². The van der Waals surface area contributed by atoms with E-state index in [1.807, 2.05) is 42.2 Å². The maximum absolute atomic E-state index is 13.2. The van der Waals surface area contributed by atoms with Gasteiger partial charge in [0.1, 0.15) is 5.69 Å². The Kier molecular flexibility index (Phi) is 5.67. The number of aromatic nitrogens is 1. The SMILES string of the molecule is Cc1cc(Br)cc([N+](=O)[O-])c1NC1CCCN(C(=O)c2cncc3ccccc23)C1. The van der Waals surface area contributed by atoms with Crippen LogP contribution in [-0.4, -0.2) is 39.8 Å². The summed E-state index contributed by atoms with van der Waals surface area (Å²) in [6.45, 7) is 2.98. The Morgan fingerprint density at radius 2 is 2.10 bits per heavy atom. The van der Waals surface area contributed by atoms with Crippen molar-refractivity contribution in [1.82, 2.24) is 9.88 Å². The fraction of sp³-hybridized carbons (Fsp3) is 0.273. The van der Waals surface area contributed by atoms with E-state index in [1.165, 1.54) is 6.07 Å². The minimum absolute atomic E-state index is 0.0311. The molecule has 154 valence electrons. The Bertz CT molecular complexity index is 1130. The molecule has 0 bridgehead atoms. The van der Waals surface area contributed by atoms with Crippen molar-refractivity contribution < 1.29 is 9.72 Å². The lowest BCUT2D eigenvalue weighted by Crippen LogP contribution is -2.45.